The van der Waals surface area contributed by atoms with Gasteiger partial charge in [-0.25, -0.2) is 4.99 Å². The highest BCUT2D eigenvalue weighted by molar-refractivity contribution is 7.87. The normalized spacial score (nSPS) is 11.5. The van der Waals surface area contributed by atoms with Gasteiger partial charge in [0, 0.05) is 22.1 Å². The Labute approximate surface area is 199 Å². The van der Waals surface area contributed by atoms with Gasteiger partial charge < -0.3 is 0 Å². The van der Waals surface area contributed by atoms with Gasteiger partial charge in [-0.2, -0.15) is 0 Å². The van der Waals surface area contributed by atoms with E-state index in [1.165, 1.54) is 15.9 Å². The van der Waals surface area contributed by atoms with Crippen molar-refractivity contribution in [2.24, 2.45) is 9.74 Å². The highest BCUT2D eigenvalue weighted by atomic mass is 32.1. The highest BCUT2D eigenvalue weighted by Crippen LogP contribution is 2.49. The Morgan fingerprint density at radius 1 is 0.545 bits per heavy atom. The summed E-state index contributed by atoms with van der Waals surface area (Å²) in [6.07, 6.45) is 1.91. The van der Waals surface area contributed by atoms with Crippen molar-refractivity contribution in [3.05, 3.63) is 138 Å². The van der Waals surface area contributed by atoms with Crippen LogP contribution in [-0.2, 0) is 0 Å². The topological polar surface area (TPSA) is 24.7 Å². The van der Waals surface area contributed by atoms with Crippen LogP contribution in [0.2, 0.25) is 0 Å². The van der Waals surface area contributed by atoms with Crippen LogP contribution in [0.5, 0.6) is 0 Å². The van der Waals surface area contributed by atoms with Gasteiger partial charge >= 0.3 is 0 Å². The molecule has 0 amide bonds. The van der Waals surface area contributed by atoms with E-state index in [0.717, 1.165) is 16.3 Å². The molecule has 0 saturated carbocycles. The molecule has 4 aromatic carbocycles. The lowest BCUT2D eigenvalue weighted by molar-refractivity contribution is 1.53. The van der Waals surface area contributed by atoms with Crippen LogP contribution in [0.4, 0.5) is 10.7 Å². The third kappa shape index (κ3) is 4.66. The van der Waals surface area contributed by atoms with E-state index in [2.05, 4.69) is 120 Å². The molecule has 1 aromatic heterocycles. The highest BCUT2D eigenvalue weighted by Gasteiger charge is 2.27. The first-order valence-corrected chi connectivity index (χ1v) is 13.4. The summed E-state index contributed by atoms with van der Waals surface area (Å²) in [6.45, 7) is 0. The van der Waals surface area contributed by atoms with Crippen LogP contribution < -0.4 is 15.9 Å². The van der Waals surface area contributed by atoms with Gasteiger partial charge in [0.25, 0.3) is 0 Å². The first-order valence-electron chi connectivity index (χ1n) is 10.8. The molecule has 0 spiro atoms. The molecule has 1 heterocycles. The minimum Gasteiger partial charge on any atom is -0.254 e. The molecule has 5 aromatic rings. The predicted molar refractivity (Wildman–Crippen MR) is 145 cm³/mol. The molecule has 5 rings (SSSR count). The number of rotatable bonds is 6. The lowest BCUT2D eigenvalue weighted by atomic mass is 10.2. The molecule has 0 aliphatic carbocycles. The van der Waals surface area contributed by atoms with E-state index in [-0.39, 0.29) is 0 Å². The molecule has 160 valence electrons. The molecule has 2 nitrogen and oxygen atoms in total. The SMILES string of the molecule is C(=N\c1cccs1)/c1ccc(N=P(c2ccccc2)(c2ccccc2)c2ccccc2)cc1. The van der Waals surface area contributed by atoms with Crippen LogP contribution in [0, 0.1) is 0 Å². The van der Waals surface area contributed by atoms with Crippen LogP contribution in [0.15, 0.2) is 143 Å². The van der Waals surface area contributed by atoms with Gasteiger partial charge in [0.1, 0.15) is 5.00 Å². The van der Waals surface area contributed by atoms with Crippen LogP contribution in [0.25, 0.3) is 0 Å². The van der Waals surface area contributed by atoms with Crippen molar-refractivity contribution in [3.63, 3.8) is 0 Å². The molecular formula is C29H23N2PS. The number of benzene rings is 4. The largest absolute Gasteiger partial charge is 0.254 e. The van der Waals surface area contributed by atoms with Gasteiger partial charge in [-0.15, -0.1) is 11.3 Å². The summed E-state index contributed by atoms with van der Waals surface area (Å²) in [5, 5.41) is 6.77. The Morgan fingerprint density at radius 2 is 1.06 bits per heavy atom. The average molecular weight is 463 g/mol. The summed E-state index contributed by atoms with van der Waals surface area (Å²) in [7, 11) is -2.25. The molecule has 0 fully saturated rings. The number of aliphatic imine (C=N–C) groups is 1. The molecule has 0 bridgehead atoms. The van der Waals surface area contributed by atoms with Crippen molar-refractivity contribution < 1.29 is 0 Å². The molecule has 0 unspecified atom stereocenters. The summed E-state index contributed by atoms with van der Waals surface area (Å²) >= 11 is 1.63. The number of hydrogen-bond acceptors (Lipinski definition) is 3. The number of nitrogens with zero attached hydrogens (tertiary/aromatic N) is 2. The van der Waals surface area contributed by atoms with Crippen molar-refractivity contribution >= 4 is 51.2 Å². The van der Waals surface area contributed by atoms with Crippen molar-refractivity contribution in [2.75, 3.05) is 0 Å². The zero-order valence-electron chi connectivity index (χ0n) is 18.0. The van der Waals surface area contributed by atoms with Crippen molar-refractivity contribution in [1.29, 1.82) is 0 Å². The van der Waals surface area contributed by atoms with Crippen LogP contribution in [0.1, 0.15) is 5.56 Å². The second-order valence-corrected chi connectivity index (χ2v) is 11.5. The Hall–Kier alpha value is -3.52. The van der Waals surface area contributed by atoms with Crippen LogP contribution in [-0.4, -0.2) is 6.21 Å². The predicted octanol–water partition coefficient (Wildman–Crippen LogP) is 7.31. The number of thiophene rings is 1. The van der Waals surface area contributed by atoms with E-state index in [4.69, 9.17) is 4.74 Å². The van der Waals surface area contributed by atoms with Crippen LogP contribution >= 0.6 is 18.4 Å². The Bertz CT molecular complexity index is 1270. The first kappa shape index (κ1) is 21.3. The molecule has 0 aliphatic heterocycles. The van der Waals surface area contributed by atoms with E-state index in [1.54, 1.807) is 11.3 Å². The zero-order valence-corrected chi connectivity index (χ0v) is 19.7. The summed E-state index contributed by atoms with van der Waals surface area (Å²) in [5.41, 5.74) is 2.03. The summed E-state index contributed by atoms with van der Waals surface area (Å²) in [4.78, 5) is 4.55. The zero-order chi connectivity index (χ0) is 22.3. The van der Waals surface area contributed by atoms with E-state index in [0.29, 0.717) is 0 Å². The van der Waals surface area contributed by atoms with Crippen molar-refractivity contribution in [1.82, 2.24) is 0 Å². The minimum atomic E-state index is -2.25. The second kappa shape index (κ2) is 9.95. The Balaban J connectivity index is 1.67. The second-order valence-electron chi connectivity index (χ2n) is 7.54. The van der Waals surface area contributed by atoms with E-state index in [1.807, 2.05) is 23.7 Å². The molecule has 33 heavy (non-hydrogen) atoms. The van der Waals surface area contributed by atoms with Gasteiger partial charge in [-0.1, -0.05) is 103 Å². The van der Waals surface area contributed by atoms with Crippen molar-refractivity contribution in [2.45, 2.75) is 0 Å². The van der Waals surface area contributed by atoms with Gasteiger partial charge in [-0.05, 0) is 35.2 Å². The van der Waals surface area contributed by atoms with Gasteiger partial charge in [-0.3, -0.25) is 4.74 Å². The fourth-order valence-electron chi connectivity index (χ4n) is 3.83. The smallest absolute Gasteiger partial charge is 0.115 e. The van der Waals surface area contributed by atoms with Gasteiger partial charge in [0.2, 0.25) is 0 Å². The van der Waals surface area contributed by atoms with Gasteiger partial charge in [0.05, 0.1) is 12.7 Å². The van der Waals surface area contributed by atoms with Gasteiger partial charge in [0.15, 0.2) is 0 Å². The summed E-state index contributed by atoms with van der Waals surface area (Å²) in [6, 6.07) is 44.5. The molecular weight excluding hydrogens is 439 g/mol. The lowest BCUT2D eigenvalue weighted by Gasteiger charge is -2.27. The van der Waals surface area contributed by atoms with Crippen LogP contribution in [0.3, 0.4) is 0 Å². The maximum atomic E-state index is 5.52. The average Bonchev–Trinajstić information content (AvgIpc) is 3.42. The maximum absolute atomic E-state index is 5.52. The third-order valence-corrected chi connectivity index (χ3v) is 9.84. The molecule has 4 heteroatoms. The fraction of sp³-hybridized carbons (Fsp3) is 0. The van der Waals surface area contributed by atoms with E-state index >= 15 is 0 Å². The molecule has 0 atom stereocenters. The molecule has 0 N–H and O–H groups in total. The quantitative estimate of drug-likeness (QED) is 0.187. The standard InChI is InChI=1S/C29H23N2PS/c1-4-11-26(12-5-1)32(27-13-6-2-7-14-27,28-15-8-3-9-16-28)31-25-20-18-24(19-21-25)23-30-29-17-10-22-33-29/h1-23H/b30-23+. The van der Waals surface area contributed by atoms with E-state index in [9.17, 15) is 0 Å². The van der Waals surface area contributed by atoms with E-state index < -0.39 is 7.05 Å². The summed E-state index contributed by atoms with van der Waals surface area (Å²) < 4.78 is 5.52. The molecule has 0 radical (unpaired) electrons. The summed E-state index contributed by atoms with van der Waals surface area (Å²) in [5.74, 6) is 0. The Kier molecular flexibility index (Phi) is 6.44. The minimum absolute atomic E-state index is 0.966. The number of hydrogen-bond donors (Lipinski definition) is 0. The molecule has 0 aliphatic rings. The fourth-order valence-corrected chi connectivity index (χ4v) is 7.93. The first-order chi connectivity index (χ1) is 16.3. The molecule has 0 saturated heterocycles. The third-order valence-electron chi connectivity index (χ3n) is 5.40. The lowest BCUT2D eigenvalue weighted by Crippen LogP contribution is -2.25. The Morgan fingerprint density at radius 3 is 1.52 bits per heavy atom. The maximum Gasteiger partial charge on any atom is 0.115 e. The monoisotopic (exact) mass is 462 g/mol. The van der Waals surface area contributed by atoms with Crippen molar-refractivity contribution in [3.8, 4) is 0 Å².